The molecule has 0 radical (unpaired) electrons. The van der Waals surface area contributed by atoms with E-state index in [1.807, 2.05) is 13.8 Å². The average molecular weight is 266 g/mol. The van der Waals surface area contributed by atoms with Gasteiger partial charge in [-0.2, -0.15) is 0 Å². The van der Waals surface area contributed by atoms with E-state index in [0.717, 1.165) is 25.9 Å². The van der Waals surface area contributed by atoms with Gasteiger partial charge in [0.25, 0.3) is 0 Å². The summed E-state index contributed by atoms with van der Waals surface area (Å²) in [4.78, 5) is 2.23. The molecule has 0 atom stereocenters. The Balaban J connectivity index is 1.92. The van der Waals surface area contributed by atoms with Gasteiger partial charge in [0.15, 0.2) is 0 Å². The predicted molar refractivity (Wildman–Crippen MR) is 75.1 cm³/mol. The van der Waals surface area contributed by atoms with E-state index in [1.54, 1.807) is 12.1 Å². The summed E-state index contributed by atoms with van der Waals surface area (Å²) in [5, 5.41) is 10.0. The SMILES string of the molecule is CC(C)(O)C1CCN(Cc2ccc(N)cc2F)CC1. The van der Waals surface area contributed by atoms with Crippen molar-refractivity contribution in [1.29, 1.82) is 0 Å². The summed E-state index contributed by atoms with van der Waals surface area (Å²) in [7, 11) is 0. The highest BCUT2D eigenvalue weighted by Crippen LogP contribution is 2.28. The Morgan fingerprint density at radius 3 is 2.53 bits per heavy atom. The molecular formula is C15H23FN2O. The third kappa shape index (κ3) is 3.67. The first-order chi connectivity index (χ1) is 8.86. The molecule has 1 fully saturated rings. The predicted octanol–water partition coefficient (Wildman–Crippen LogP) is 2.39. The quantitative estimate of drug-likeness (QED) is 0.826. The highest BCUT2D eigenvalue weighted by atomic mass is 19.1. The molecule has 1 aliphatic heterocycles. The molecule has 4 heteroatoms. The van der Waals surface area contributed by atoms with Crippen LogP contribution in [0.1, 0.15) is 32.3 Å². The number of nitrogens with two attached hydrogens (primary N) is 1. The topological polar surface area (TPSA) is 49.5 Å². The van der Waals surface area contributed by atoms with E-state index in [4.69, 9.17) is 5.73 Å². The first-order valence-electron chi connectivity index (χ1n) is 6.85. The molecule has 106 valence electrons. The molecule has 1 aliphatic rings. The van der Waals surface area contributed by atoms with Gasteiger partial charge in [0, 0.05) is 17.8 Å². The molecule has 1 saturated heterocycles. The van der Waals surface area contributed by atoms with Gasteiger partial charge in [0.1, 0.15) is 5.82 Å². The van der Waals surface area contributed by atoms with Crippen molar-refractivity contribution in [3.05, 3.63) is 29.6 Å². The van der Waals surface area contributed by atoms with E-state index in [2.05, 4.69) is 4.90 Å². The van der Waals surface area contributed by atoms with Crippen LogP contribution < -0.4 is 5.73 Å². The molecule has 0 amide bonds. The number of nitrogen functional groups attached to an aromatic ring is 1. The number of likely N-dealkylation sites (tertiary alicyclic amines) is 1. The maximum absolute atomic E-state index is 13.7. The Morgan fingerprint density at radius 1 is 1.37 bits per heavy atom. The smallest absolute Gasteiger partial charge is 0.129 e. The largest absolute Gasteiger partial charge is 0.399 e. The Hall–Kier alpha value is -1.13. The first kappa shape index (κ1) is 14.3. The molecule has 3 N–H and O–H groups in total. The lowest BCUT2D eigenvalue weighted by Crippen LogP contribution is -2.41. The zero-order valence-corrected chi connectivity index (χ0v) is 11.7. The van der Waals surface area contributed by atoms with Crippen LogP contribution in [0.4, 0.5) is 10.1 Å². The lowest BCUT2D eigenvalue weighted by Gasteiger charge is -2.37. The second-order valence-corrected chi connectivity index (χ2v) is 6.05. The monoisotopic (exact) mass is 266 g/mol. The van der Waals surface area contributed by atoms with Gasteiger partial charge in [-0.05, 0) is 57.8 Å². The number of hydrogen-bond acceptors (Lipinski definition) is 3. The van der Waals surface area contributed by atoms with Crippen LogP contribution >= 0.6 is 0 Å². The van der Waals surface area contributed by atoms with Crippen molar-refractivity contribution in [2.24, 2.45) is 5.92 Å². The molecule has 0 spiro atoms. The molecule has 2 rings (SSSR count). The van der Waals surface area contributed by atoms with Crippen molar-refractivity contribution in [3.63, 3.8) is 0 Å². The van der Waals surface area contributed by atoms with Crippen molar-refractivity contribution >= 4 is 5.69 Å². The van der Waals surface area contributed by atoms with Gasteiger partial charge in [0.2, 0.25) is 0 Å². The number of nitrogens with zero attached hydrogens (tertiary/aromatic N) is 1. The van der Waals surface area contributed by atoms with Gasteiger partial charge in [-0.1, -0.05) is 6.07 Å². The zero-order valence-electron chi connectivity index (χ0n) is 11.7. The number of anilines is 1. The van der Waals surface area contributed by atoms with Crippen molar-refractivity contribution in [2.45, 2.75) is 38.8 Å². The Morgan fingerprint density at radius 2 is 2.00 bits per heavy atom. The summed E-state index contributed by atoms with van der Waals surface area (Å²) in [6, 6.07) is 4.87. The van der Waals surface area contributed by atoms with E-state index in [0.29, 0.717) is 23.7 Å². The maximum Gasteiger partial charge on any atom is 0.129 e. The standard InChI is InChI=1S/C15H23FN2O/c1-15(2,19)12-5-7-18(8-6-12)10-11-3-4-13(17)9-14(11)16/h3-4,9,12,19H,5-8,10,17H2,1-2H3. The minimum absolute atomic E-state index is 0.232. The maximum atomic E-state index is 13.7. The summed E-state index contributed by atoms with van der Waals surface area (Å²) < 4.78 is 13.7. The molecule has 1 heterocycles. The Labute approximate surface area is 114 Å². The summed E-state index contributed by atoms with van der Waals surface area (Å²) >= 11 is 0. The van der Waals surface area contributed by atoms with Crippen LogP contribution in [0.3, 0.4) is 0 Å². The minimum atomic E-state index is -0.613. The lowest BCUT2D eigenvalue weighted by atomic mass is 9.83. The van der Waals surface area contributed by atoms with E-state index in [9.17, 15) is 9.50 Å². The third-order valence-corrected chi connectivity index (χ3v) is 4.06. The Bertz CT molecular complexity index is 434. The molecule has 0 bridgehead atoms. The molecule has 0 saturated carbocycles. The summed E-state index contributed by atoms with van der Waals surface area (Å²) in [5.74, 6) is 0.102. The average Bonchev–Trinajstić information content (AvgIpc) is 2.32. The highest BCUT2D eigenvalue weighted by molar-refractivity contribution is 5.40. The van der Waals surface area contributed by atoms with E-state index in [-0.39, 0.29) is 5.82 Å². The normalized spacial score (nSPS) is 18.7. The molecule has 0 aromatic heterocycles. The van der Waals surface area contributed by atoms with Crippen LogP contribution in [-0.2, 0) is 6.54 Å². The van der Waals surface area contributed by atoms with E-state index in [1.165, 1.54) is 6.07 Å². The van der Waals surface area contributed by atoms with Crippen LogP contribution in [0.15, 0.2) is 18.2 Å². The fraction of sp³-hybridized carbons (Fsp3) is 0.600. The molecular weight excluding hydrogens is 243 g/mol. The molecule has 0 unspecified atom stereocenters. The molecule has 1 aromatic rings. The van der Waals surface area contributed by atoms with Crippen LogP contribution in [0.5, 0.6) is 0 Å². The summed E-state index contributed by atoms with van der Waals surface area (Å²) in [6.07, 6.45) is 1.92. The van der Waals surface area contributed by atoms with Gasteiger partial charge in [-0.3, -0.25) is 4.90 Å². The first-order valence-corrected chi connectivity index (χ1v) is 6.85. The number of aliphatic hydroxyl groups is 1. The Kier molecular flexibility index (Phi) is 4.11. The van der Waals surface area contributed by atoms with Gasteiger partial charge >= 0.3 is 0 Å². The molecule has 0 aliphatic carbocycles. The van der Waals surface area contributed by atoms with Crippen LogP contribution in [0, 0.1) is 11.7 Å². The second kappa shape index (κ2) is 5.47. The van der Waals surface area contributed by atoms with Crippen molar-refractivity contribution in [1.82, 2.24) is 4.90 Å². The summed E-state index contributed by atoms with van der Waals surface area (Å²) in [6.45, 7) is 6.15. The van der Waals surface area contributed by atoms with E-state index < -0.39 is 5.60 Å². The number of halogens is 1. The van der Waals surface area contributed by atoms with Crippen molar-refractivity contribution < 1.29 is 9.50 Å². The number of rotatable bonds is 3. The third-order valence-electron chi connectivity index (χ3n) is 4.06. The fourth-order valence-corrected chi connectivity index (χ4v) is 2.73. The zero-order chi connectivity index (χ0) is 14.0. The van der Waals surface area contributed by atoms with Gasteiger partial charge in [-0.15, -0.1) is 0 Å². The lowest BCUT2D eigenvalue weighted by molar-refractivity contribution is -0.0137. The number of hydrogen-bond donors (Lipinski definition) is 2. The van der Waals surface area contributed by atoms with Gasteiger partial charge in [0.05, 0.1) is 5.60 Å². The van der Waals surface area contributed by atoms with Gasteiger partial charge < -0.3 is 10.8 Å². The highest BCUT2D eigenvalue weighted by Gasteiger charge is 2.30. The van der Waals surface area contributed by atoms with Crippen molar-refractivity contribution in [2.75, 3.05) is 18.8 Å². The van der Waals surface area contributed by atoms with Crippen molar-refractivity contribution in [3.8, 4) is 0 Å². The molecule has 19 heavy (non-hydrogen) atoms. The summed E-state index contributed by atoms with van der Waals surface area (Å²) in [5.41, 5.74) is 6.08. The van der Waals surface area contributed by atoms with Crippen LogP contribution in [-0.4, -0.2) is 28.7 Å². The minimum Gasteiger partial charge on any atom is -0.399 e. The second-order valence-electron chi connectivity index (χ2n) is 6.05. The molecule has 1 aromatic carbocycles. The van der Waals surface area contributed by atoms with Crippen LogP contribution in [0.2, 0.25) is 0 Å². The number of benzene rings is 1. The fourth-order valence-electron chi connectivity index (χ4n) is 2.73. The van der Waals surface area contributed by atoms with Gasteiger partial charge in [-0.25, -0.2) is 4.39 Å². The van der Waals surface area contributed by atoms with E-state index >= 15 is 0 Å². The molecule has 3 nitrogen and oxygen atoms in total. The van der Waals surface area contributed by atoms with Crippen LogP contribution in [0.25, 0.3) is 0 Å². The number of piperidine rings is 1.